The lowest BCUT2D eigenvalue weighted by atomic mass is 10.1. The SMILES string of the molecule is Cn1nc(-c2ccccc2)c(-n2cccn2)c1-c1ccccc1. The van der Waals surface area contributed by atoms with Gasteiger partial charge in [0.1, 0.15) is 11.4 Å². The molecular weight excluding hydrogens is 284 g/mol. The fraction of sp³-hybridized carbons (Fsp3) is 0.0526. The molecule has 0 spiro atoms. The number of hydrogen-bond donors (Lipinski definition) is 0. The molecular formula is C19H16N4. The number of aryl methyl sites for hydroxylation is 1. The Hall–Kier alpha value is -3.14. The average molecular weight is 300 g/mol. The van der Waals surface area contributed by atoms with Crippen molar-refractivity contribution < 1.29 is 0 Å². The van der Waals surface area contributed by atoms with Gasteiger partial charge in [0.05, 0.1) is 5.69 Å². The van der Waals surface area contributed by atoms with E-state index in [1.54, 1.807) is 6.20 Å². The highest BCUT2D eigenvalue weighted by molar-refractivity contribution is 5.81. The Morgan fingerprint density at radius 1 is 0.783 bits per heavy atom. The van der Waals surface area contributed by atoms with E-state index < -0.39 is 0 Å². The van der Waals surface area contributed by atoms with E-state index in [1.807, 2.05) is 65.1 Å². The molecule has 2 aromatic carbocycles. The summed E-state index contributed by atoms with van der Waals surface area (Å²) in [4.78, 5) is 0. The Labute approximate surface area is 134 Å². The minimum atomic E-state index is 0.927. The minimum Gasteiger partial charge on any atom is -0.265 e. The summed E-state index contributed by atoms with van der Waals surface area (Å²) in [6.45, 7) is 0. The van der Waals surface area contributed by atoms with Crippen molar-refractivity contribution in [3.63, 3.8) is 0 Å². The highest BCUT2D eigenvalue weighted by Gasteiger charge is 2.20. The third kappa shape index (κ3) is 2.34. The predicted molar refractivity (Wildman–Crippen MR) is 91.2 cm³/mol. The second-order valence-corrected chi connectivity index (χ2v) is 5.35. The maximum Gasteiger partial charge on any atom is 0.119 e. The monoisotopic (exact) mass is 300 g/mol. The zero-order valence-corrected chi connectivity index (χ0v) is 12.8. The van der Waals surface area contributed by atoms with Crippen LogP contribution in [0.2, 0.25) is 0 Å². The minimum absolute atomic E-state index is 0.927. The molecule has 0 amide bonds. The molecule has 4 nitrogen and oxygen atoms in total. The Kier molecular flexibility index (Phi) is 3.27. The van der Waals surface area contributed by atoms with Gasteiger partial charge in [0.15, 0.2) is 0 Å². The number of aromatic nitrogens is 4. The van der Waals surface area contributed by atoms with Gasteiger partial charge in [-0.15, -0.1) is 0 Å². The fourth-order valence-electron chi connectivity index (χ4n) is 2.84. The summed E-state index contributed by atoms with van der Waals surface area (Å²) in [7, 11) is 1.97. The molecule has 2 aromatic heterocycles. The largest absolute Gasteiger partial charge is 0.265 e. The first-order valence-electron chi connectivity index (χ1n) is 7.52. The number of rotatable bonds is 3. The lowest BCUT2D eigenvalue weighted by Gasteiger charge is -2.08. The van der Waals surface area contributed by atoms with Crippen LogP contribution in [0.1, 0.15) is 0 Å². The van der Waals surface area contributed by atoms with Gasteiger partial charge in [-0.3, -0.25) is 4.68 Å². The molecule has 0 aliphatic rings. The van der Waals surface area contributed by atoms with Crippen LogP contribution in [0.4, 0.5) is 0 Å². The molecule has 0 saturated heterocycles. The molecule has 23 heavy (non-hydrogen) atoms. The van der Waals surface area contributed by atoms with E-state index in [1.165, 1.54) is 0 Å². The molecule has 0 aliphatic carbocycles. The Balaban J connectivity index is 2.02. The Morgan fingerprint density at radius 2 is 1.43 bits per heavy atom. The zero-order valence-electron chi connectivity index (χ0n) is 12.8. The zero-order chi connectivity index (χ0) is 15.6. The van der Waals surface area contributed by atoms with Crippen molar-refractivity contribution in [3.8, 4) is 28.2 Å². The van der Waals surface area contributed by atoms with E-state index >= 15 is 0 Å². The molecule has 0 fully saturated rings. The normalized spacial score (nSPS) is 10.8. The van der Waals surface area contributed by atoms with Crippen LogP contribution in [0.25, 0.3) is 28.2 Å². The molecule has 0 aliphatic heterocycles. The maximum absolute atomic E-state index is 4.77. The molecule has 4 heteroatoms. The van der Waals surface area contributed by atoms with Gasteiger partial charge in [-0.2, -0.15) is 10.2 Å². The van der Waals surface area contributed by atoms with Gasteiger partial charge in [0, 0.05) is 30.6 Å². The predicted octanol–water partition coefficient (Wildman–Crippen LogP) is 3.94. The van der Waals surface area contributed by atoms with Gasteiger partial charge in [-0.1, -0.05) is 60.7 Å². The van der Waals surface area contributed by atoms with Gasteiger partial charge in [-0.25, -0.2) is 4.68 Å². The summed E-state index contributed by atoms with van der Waals surface area (Å²) < 4.78 is 3.81. The molecule has 0 bridgehead atoms. The van der Waals surface area contributed by atoms with Gasteiger partial charge in [-0.05, 0) is 6.07 Å². The van der Waals surface area contributed by atoms with E-state index in [0.29, 0.717) is 0 Å². The summed E-state index contributed by atoms with van der Waals surface area (Å²) in [6.07, 6.45) is 3.74. The van der Waals surface area contributed by atoms with Crippen molar-refractivity contribution in [1.82, 2.24) is 19.6 Å². The first-order valence-corrected chi connectivity index (χ1v) is 7.52. The van der Waals surface area contributed by atoms with Gasteiger partial charge >= 0.3 is 0 Å². The van der Waals surface area contributed by atoms with Crippen molar-refractivity contribution in [3.05, 3.63) is 79.1 Å². The molecule has 4 rings (SSSR count). The number of nitrogens with zero attached hydrogens (tertiary/aromatic N) is 4. The first-order chi connectivity index (χ1) is 11.3. The lowest BCUT2D eigenvalue weighted by molar-refractivity contribution is 0.777. The van der Waals surface area contributed by atoms with Crippen LogP contribution in [0, 0.1) is 0 Å². The topological polar surface area (TPSA) is 35.6 Å². The average Bonchev–Trinajstić information content (AvgIpc) is 3.24. The van der Waals surface area contributed by atoms with E-state index in [4.69, 9.17) is 5.10 Å². The van der Waals surface area contributed by atoms with E-state index in [9.17, 15) is 0 Å². The molecule has 112 valence electrons. The van der Waals surface area contributed by atoms with Crippen molar-refractivity contribution in [2.45, 2.75) is 0 Å². The fourth-order valence-corrected chi connectivity index (χ4v) is 2.84. The molecule has 0 N–H and O–H groups in total. The number of hydrogen-bond acceptors (Lipinski definition) is 2. The van der Waals surface area contributed by atoms with Crippen molar-refractivity contribution in [2.75, 3.05) is 0 Å². The summed E-state index contributed by atoms with van der Waals surface area (Å²) in [6, 6.07) is 22.4. The molecule has 0 atom stereocenters. The Bertz CT molecular complexity index is 907. The van der Waals surface area contributed by atoms with Crippen molar-refractivity contribution in [1.29, 1.82) is 0 Å². The van der Waals surface area contributed by atoms with Crippen molar-refractivity contribution >= 4 is 0 Å². The molecule has 0 unspecified atom stereocenters. The van der Waals surface area contributed by atoms with Crippen molar-refractivity contribution in [2.24, 2.45) is 7.05 Å². The van der Waals surface area contributed by atoms with Gasteiger partial charge < -0.3 is 0 Å². The second-order valence-electron chi connectivity index (χ2n) is 5.35. The third-order valence-electron chi connectivity index (χ3n) is 3.85. The molecule has 0 radical (unpaired) electrons. The summed E-state index contributed by atoms with van der Waals surface area (Å²) in [5, 5.41) is 9.20. The van der Waals surface area contributed by atoms with Crippen LogP contribution in [-0.2, 0) is 7.05 Å². The standard InChI is InChI=1S/C19H16N4/c1-22-18(16-11-6-3-7-12-16)19(23-14-8-13-20-23)17(21-22)15-9-4-2-5-10-15/h2-14H,1H3. The second kappa shape index (κ2) is 5.57. The lowest BCUT2D eigenvalue weighted by Crippen LogP contribution is -1.99. The van der Waals surface area contributed by atoms with Crippen LogP contribution in [0.15, 0.2) is 79.1 Å². The molecule has 0 saturated carbocycles. The summed E-state index contributed by atoms with van der Waals surface area (Å²) in [5.74, 6) is 0. The van der Waals surface area contributed by atoms with Gasteiger partial charge in [0.2, 0.25) is 0 Å². The Morgan fingerprint density at radius 3 is 2.04 bits per heavy atom. The van der Waals surface area contributed by atoms with Gasteiger partial charge in [0.25, 0.3) is 0 Å². The van der Waals surface area contributed by atoms with E-state index in [-0.39, 0.29) is 0 Å². The highest BCUT2D eigenvalue weighted by Crippen LogP contribution is 2.34. The van der Waals surface area contributed by atoms with Crippen LogP contribution in [0.3, 0.4) is 0 Å². The number of benzene rings is 2. The highest BCUT2D eigenvalue weighted by atomic mass is 15.3. The first kappa shape index (κ1) is 13.5. The summed E-state index contributed by atoms with van der Waals surface area (Å²) in [5.41, 5.74) is 5.17. The third-order valence-corrected chi connectivity index (χ3v) is 3.85. The summed E-state index contributed by atoms with van der Waals surface area (Å²) >= 11 is 0. The van der Waals surface area contributed by atoms with E-state index in [0.717, 1.165) is 28.2 Å². The van der Waals surface area contributed by atoms with Crippen LogP contribution in [-0.4, -0.2) is 19.6 Å². The van der Waals surface area contributed by atoms with Crippen LogP contribution < -0.4 is 0 Å². The van der Waals surface area contributed by atoms with E-state index in [2.05, 4.69) is 29.4 Å². The van der Waals surface area contributed by atoms with Crippen LogP contribution in [0.5, 0.6) is 0 Å². The molecule has 4 aromatic rings. The quantitative estimate of drug-likeness (QED) is 0.574. The smallest absolute Gasteiger partial charge is 0.119 e. The van der Waals surface area contributed by atoms with Crippen LogP contribution >= 0.6 is 0 Å². The molecule has 2 heterocycles. The maximum atomic E-state index is 4.77.